The van der Waals surface area contributed by atoms with Gasteiger partial charge in [0, 0.05) is 15.6 Å². The number of aromatic nitrogens is 2. The Labute approximate surface area is 179 Å². The summed E-state index contributed by atoms with van der Waals surface area (Å²) < 4.78 is 1.50. The standard InChI is InChI=1S/C21H25ClN4O2S/c1-5-25(6-2)11-17-24-20-19(13(3)14(4)29-20)21(28)26(17)12-18(27)23-16-9-7-8-15(22)10-16/h7-10H,5-6,11-12H2,1-4H3,(H,23,27). The second-order valence-corrected chi connectivity index (χ2v) is 8.54. The van der Waals surface area contributed by atoms with Crippen LogP contribution in [0.1, 0.15) is 30.1 Å². The fraction of sp³-hybridized carbons (Fsp3) is 0.381. The number of carbonyl (C=O) groups is 1. The third kappa shape index (κ3) is 4.69. The molecular formula is C21H25ClN4O2S. The summed E-state index contributed by atoms with van der Waals surface area (Å²) in [5.74, 6) is 0.314. The van der Waals surface area contributed by atoms with Crippen LogP contribution in [0, 0.1) is 13.8 Å². The average molecular weight is 433 g/mol. The number of hydrogen-bond acceptors (Lipinski definition) is 5. The van der Waals surface area contributed by atoms with Gasteiger partial charge in [-0.15, -0.1) is 11.3 Å². The summed E-state index contributed by atoms with van der Waals surface area (Å²) >= 11 is 7.52. The molecule has 1 aromatic carbocycles. The van der Waals surface area contributed by atoms with Crippen molar-refractivity contribution in [2.24, 2.45) is 0 Å². The van der Waals surface area contributed by atoms with Gasteiger partial charge in [0.15, 0.2) is 0 Å². The first-order valence-electron chi connectivity index (χ1n) is 9.61. The minimum atomic E-state index is -0.291. The van der Waals surface area contributed by atoms with Gasteiger partial charge in [-0.25, -0.2) is 4.98 Å². The molecule has 0 aliphatic rings. The van der Waals surface area contributed by atoms with E-state index in [9.17, 15) is 9.59 Å². The molecule has 0 saturated heterocycles. The molecule has 0 bridgehead atoms. The van der Waals surface area contributed by atoms with E-state index in [2.05, 4.69) is 24.1 Å². The first-order valence-corrected chi connectivity index (χ1v) is 10.8. The van der Waals surface area contributed by atoms with E-state index in [4.69, 9.17) is 16.6 Å². The van der Waals surface area contributed by atoms with E-state index in [-0.39, 0.29) is 18.0 Å². The van der Waals surface area contributed by atoms with Crippen LogP contribution in [0.2, 0.25) is 5.02 Å². The number of amides is 1. The number of halogens is 1. The topological polar surface area (TPSA) is 67.2 Å². The van der Waals surface area contributed by atoms with Crippen molar-refractivity contribution < 1.29 is 4.79 Å². The molecule has 29 heavy (non-hydrogen) atoms. The zero-order chi connectivity index (χ0) is 21.1. The molecule has 0 aliphatic carbocycles. The number of aryl methyl sites for hydroxylation is 2. The van der Waals surface area contributed by atoms with E-state index in [1.54, 1.807) is 24.3 Å². The number of rotatable bonds is 7. The second kappa shape index (κ2) is 9.07. The maximum Gasteiger partial charge on any atom is 0.263 e. The molecule has 0 spiro atoms. The molecule has 0 radical (unpaired) electrons. The monoisotopic (exact) mass is 432 g/mol. The van der Waals surface area contributed by atoms with Gasteiger partial charge in [-0.05, 0) is 50.7 Å². The molecule has 2 heterocycles. The predicted octanol–water partition coefficient (Wildman–Crippen LogP) is 4.21. The van der Waals surface area contributed by atoms with E-state index in [0.717, 1.165) is 28.4 Å². The average Bonchev–Trinajstić information content (AvgIpc) is 2.96. The van der Waals surface area contributed by atoms with E-state index < -0.39 is 0 Å². The first-order chi connectivity index (χ1) is 13.8. The van der Waals surface area contributed by atoms with Crippen LogP contribution in [-0.4, -0.2) is 33.4 Å². The molecule has 2 aromatic heterocycles. The van der Waals surface area contributed by atoms with Crippen molar-refractivity contribution in [3.8, 4) is 0 Å². The van der Waals surface area contributed by atoms with Crippen LogP contribution in [0.15, 0.2) is 29.1 Å². The summed E-state index contributed by atoms with van der Waals surface area (Å²) in [5.41, 5.74) is 1.36. The molecule has 0 fully saturated rings. The number of nitrogens with zero attached hydrogens (tertiary/aromatic N) is 3. The van der Waals surface area contributed by atoms with Crippen LogP contribution in [0.4, 0.5) is 5.69 Å². The number of fused-ring (bicyclic) bond motifs is 1. The van der Waals surface area contributed by atoms with Gasteiger partial charge in [0.25, 0.3) is 5.56 Å². The molecule has 0 atom stereocenters. The van der Waals surface area contributed by atoms with Crippen molar-refractivity contribution >= 4 is 44.7 Å². The molecule has 154 valence electrons. The summed E-state index contributed by atoms with van der Waals surface area (Å²) in [6.45, 7) is 10.1. The Morgan fingerprint density at radius 1 is 1.28 bits per heavy atom. The van der Waals surface area contributed by atoms with Crippen LogP contribution < -0.4 is 10.9 Å². The summed E-state index contributed by atoms with van der Waals surface area (Å²) in [5, 5.41) is 3.95. The van der Waals surface area contributed by atoms with Crippen molar-refractivity contribution in [3.05, 3.63) is 55.9 Å². The highest BCUT2D eigenvalue weighted by Gasteiger charge is 2.19. The minimum Gasteiger partial charge on any atom is -0.324 e. The lowest BCUT2D eigenvalue weighted by molar-refractivity contribution is -0.116. The van der Waals surface area contributed by atoms with E-state index in [1.807, 2.05) is 13.8 Å². The molecule has 0 unspecified atom stereocenters. The normalized spacial score (nSPS) is 11.4. The third-order valence-corrected chi connectivity index (χ3v) is 6.37. The summed E-state index contributed by atoms with van der Waals surface area (Å²) in [4.78, 5) is 34.7. The molecule has 0 aliphatic heterocycles. The van der Waals surface area contributed by atoms with Gasteiger partial charge in [-0.2, -0.15) is 0 Å². The van der Waals surface area contributed by atoms with Gasteiger partial charge >= 0.3 is 0 Å². The Kier molecular flexibility index (Phi) is 6.72. The second-order valence-electron chi connectivity index (χ2n) is 6.90. The quantitative estimate of drug-likeness (QED) is 0.607. The molecule has 0 saturated carbocycles. The van der Waals surface area contributed by atoms with E-state index >= 15 is 0 Å². The molecule has 3 rings (SSSR count). The largest absolute Gasteiger partial charge is 0.324 e. The van der Waals surface area contributed by atoms with Crippen molar-refractivity contribution in [1.29, 1.82) is 0 Å². The zero-order valence-corrected chi connectivity index (χ0v) is 18.7. The number of anilines is 1. The highest BCUT2D eigenvalue weighted by molar-refractivity contribution is 7.18. The Bertz CT molecular complexity index is 1100. The van der Waals surface area contributed by atoms with Crippen molar-refractivity contribution in [1.82, 2.24) is 14.5 Å². The number of thiophene rings is 1. The van der Waals surface area contributed by atoms with Crippen LogP contribution in [0.3, 0.4) is 0 Å². The molecule has 6 nitrogen and oxygen atoms in total. The van der Waals surface area contributed by atoms with Crippen molar-refractivity contribution in [2.75, 3.05) is 18.4 Å². The van der Waals surface area contributed by atoms with Gasteiger partial charge in [0.1, 0.15) is 17.2 Å². The Morgan fingerprint density at radius 3 is 2.66 bits per heavy atom. The molecular weight excluding hydrogens is 408 g/mol. The minimum absolute atomic E-state index is 0.0980. The van der Waals surface area contributed by atoms with Crippen LogP contribution in [0.25, 0.3) is 10.2 Å². The summed E-state index contributed by atoms with van der Waals surface area (Å²) in [6, 6.07) is 6.94. The number of benzene rings is 1. The lowest BCUT2D eigenvalue weighted by Gasteiger charge is -2.20. The van der Waals surface area contributed by atoms with Crippen LogP contribution >= 0.6 is 22.9 Å². The lowest BCUT2D eigenvalue weighted by atomic mass is 10.2. The predicted molar refractivity (Wildman–Crippen MR) is 120 cm³/mol. The summed E-state index contributed by atoms with van der Waals surface area (Å²) in [6.07, 6.45) is 0. The van der Waals surface area contributed by atoms with Gasteiger partial charge in [0.05, 0.1) is 11.9 Å². The fourth-order valence-electron chi connectivity index (χ4n) is 3.21. The molecule has 1 amide bonds. The highest BCUT2D eigenvalue weighted by Crippen LogP contribution is 2.26. The molecule has 3 aromatic rings. The van der Waals surface area contributed by atoms with Crippen molar-refractivity contribution in [3.63, 3.8) is 0 Å². The SMILES string of the molecule is CCN(CC)Cc1nc2sc(C)c(C)c2c(=O)n1CC(=O)Nc1cccc(Cl)c1. The van der Waals surface area contributed by atoms with Gasteiger partial charge < -0.3 is 5.32 Å². The van der Waals surface area contributed by atoms with Gasteiger partial charge in [-0.1, -0.05) is 31.5 Å². The smallest absolute Gasteiger partial charge is 0.263 e. The zero-order valence-electron chi connectivity index (χ0n) is 17.1. The molecule has 8 heteroatoms. The van der Waals surface area contributed by atoms with Crippen LogP contribution in [0.5, 0.6) is 0 Å². The first kappa shape index (κ1) is 21.5. The van der Waals surface area contributed by atoms with E-state index in [1.165, 1.54) is 15.9 Å². The van der Waals surface area contributed by atoms with Crippen molar-refractivity contribution in [2.45, 2.75) is 40.8 Å². The van der Waals surface area contributed by atoms with Crippen LogP contribution in [-0.2, 0) is 17.9 Å². The molecule has 1 N–H and O–H groups in total. The third-order valence-electron chi connectivity index (χ3n) is 5.04. The number of carbonyl (C=O) groups excluding carboxylic acids is 1. The maximum atomic E-state index is 13.3. The Balaban J connectivity index is 2.01. The number of hydrogen-bond donors (Lipinski definition) is 1. The maximum absolute atomic E-state index is 13.3. The summed E-state index contributed by atoms with van der Waals surface area (Å²) in [7, 11) is 0. The van der Waals surface area contributed by atoms with Gasteiger partial charge in [-0.3, -0.25) is 19.1 Å². The van der Waals surface area contributed by atoms with Gasteiger partial charge in [0.2, 0.25) is 5.91 Å². The Morgan fingerprint density at radius 2 is 2.00 bits per heavy atom. The highest BCUT2D eigenvalue weighted by atomic mass is 35.5. The Hall–Kier alpha value is -2.22. The lowest BCUT2D eigenvalue weighted by Crippen LogP contribution is -2.34. The fourth-order valence-corrected chi connectivity index (χ4v) is 4.44. The number of nitrogens with one attached hydrogen (secondary N) is 1. The van der Waals surface area contributed by atoms with E-state index in [0.29, 0.717) is 28.5 Å².